The quantitative estimate of drug-likeness (QED) is 0.549. The summed E-state index contributed by atoms with van der Waals surface area (Å²) in [6, 6.07) is 0. The van der Waals surface area contributed by atoms with Crippen LogP contribution in [0, 0.1) is 0 Å². The van der Waals surface area contributed by atoms with Crippen molar-refractivity contribution in [2.24, 2.45) is 0 Å². The van der Waals surface area contributed by atoms with Crippen LogP contribution in [-0.4, -0.2) is 19.0 Å². The molecule has 0 bridgehead atoms. The van der Waals surface area contributed by atoms with Crippen LogP contribution in [0.3, 0.4) is 0 Å². The van der Waals surface area contributed by atoms with E-state index in [1.807, 2.05) is 0 Å². The van der Waals surface area contributed by atoms with Crippen molar-refractivity contribution in [3.8, 4) is 0 Å². The normalized spacial score (nSPS) is 20.7. The number of hydrogen-bond acceptors (Lipinski definition) is 1. The molecule has 0 amide bonds. The lowest BCUT2D eigenvalue weighted by atomic mass is 10.1. The fourth-order valence-corrected chi connectivity index (χ4v) is 1.77. The second-order valence-electron chi connectivity index (χ2n) is 3.29. The lowest BCUT2D eigenvalue weighted by molar-refractivity contribution is 0.525. The van der Waals surface area contributed by atoms with Crippen LogP contribution in [-0.2, 0) is 0 Å². The van der Waals surface area contributed by atoms with Crippen molar-refractivity contribution in [2.45, 2.75) is 12.8 Å². The summed E-state index contributed by atoms with van der Waals surface area (Å²) in [5, 5.41) is 0. The minimum Gasteiger partial charge on any atom is -0.377 e. The van der Waals surface area contributed by atoms with E-state index in [4.69, 9.17) is 0 Å². The molecule has 11 heavy (non-hydrogen) atoms. The molecule has 0 N–H and O–H groups in total. The van der Waals surface area contributed by atoms with Crippen molar-refractivity contribution in [1.29, 1.82) is 0 Å². The van der Waals surface area contributed by atoms with Crippen molar-refractivity contribution in [3.63, 3.8) is 0 Å². The van der Waals surface area contributed by atoms with Gasteiger partial charge in [0.25, 0.3) is 0 Å². The van der Waals surface area contributed by atoms with Gasteiger partial charge in [0.1, 0.15) is 0 Å². The molecule has 0 unspecified atom stereocenters. The zero-order valence-corrected chi connectivity index (χ0v) is 7.09. The van der Waals surface area contributed by atoms with Crippen LogP contribution in [0.1, 0.15) is 12.8 Å². The lowest BCUT2D eigenvalue weighted by Gasteiger charge is -2.13. The highest BCUT2D eigenvalue weighted by atomic mass is 15.1. The molecule has 2 aliphatic carbocycles. The molecule has 0 atom stereocenters. The van der Waals surface area contributed by atoms with Gasteiger partial charge in [-0.05, 0) is 30.1 Å². The highest BCUT2D eigenvalue weighted by Gasteiger charge is 2.18. The number of nitrogens with zero attached hydrogens (tertiary/aromatic N) is 1. The molecule has 0 heterocycles. The number of rotatable bonds is 1. The van der Waals surface area contributed by atoms with Gasteiger partial charge in [-0.15, -0.1) is 0 Å². The molecule has 0 aromatic rings. The van der Waals surface area contributed by atoms with Gasteiger partial charge in [0, 0.05) is 19.8 Å². The van der Waals surface area contributed by atoms with E-state index in [0.29, 0.717) is 0 Å². The molecular weight excluding hydrogens is 134 g/mol. The van der Waals surface area contributed by atoms with Gasteiger partial charge < -0.3 is 4.90 Å². The van der Waals surface area contributed by atoms with E-state index in [1.54, 1.807) is 0 Å². The first-order valence-corrected chi connectivity index (χ1v) is 4.08. The first kappa shape index (κ1) is 6.71. The number of fused-ring (bicyclic) bond motifs is 1. The van der Waals surface area contributed by atoms with Gasteiger partial charge >= 0.3 is 0 Å². The minimum absolute atomic E-state index is 1.23. The Kier molecular flexibility index (Phi) is 1.38. The zero-order chi connectivity index (χ0) is 7.84. The van der Waals surface area contributed by atoms with Gasteiger partial charge in [0.15, 0.2) is 0 Å². The molecule has 0 aliphatic heterocycles. The highest BCUT2D eigenvalue weighted by Crippen LogP contribution is 2.34. The highest BCUT2D eigenvalue weighted by molar-refractivity contribution is 5.55. The summed E-state index contributed by atoms with van der Waals surface area (Å²) >= 11 is 0. The first-order chi connectivity index (χ1) is 5.29. The van der Waals surface area contributed by atoms with Crippen LogP contribution in [0.4, 0.5) is 0 Å². The van der Waals surface area contributed by atoms with Crippen LogP contribution in [0.2, 0.25) is 0 Å². The van der Waals surface area contributed by atoms with E-state index >= 15 is 0 Å². The molecule has 0 saturated carbocycles. The SMILES string of the molecule is CN(C)C1=C2CCC=C2C=C1. The first-order valence-electron chi connectivity index (χ1n) is 4.08. The van der Waals surface area contributed by atoms with Crippen LogP contribution in [0.25, 0.3) is 0 Å². The number of hydrogen-bond donors (Lipinski definition) is 0. The van der Waals surface area contributed by atoms with Gasteiger partial charge in [-0.2, -0.15) is 0 Å². The summed E-state index contributed by atoms with van der Waals surface area (Å²) in [4.78, 5) is 2.19. The molecule has 0 spiro atoms. The molecule has 1 heteroatoms. The Hall–Kier alpha value is -0.980. The van der Waals surface area contributed by atoms with Gasteiger partial charge in [0.05, 0.1) is 0 Å². The summed E-state index contributed by atoms with van der Waals surface area (Å²) in [5.41, 5.74) is 4.39. The van der Waals surface area contributed by atoms with Crippen LogP contribution >= 0.6 is 0 Å². The largest absolute Gasteiger partial charge is 0.377 e. The summed E-state index contributed by atoms with van der Waals surface area (Å²) in [5.74, 6) is 0. The summed E-state index contributed by atoms with van der Waals surface area (Å²) in [6.07, 6.45) is 9.21. The second-order valence-corrected chi connectivity index (χ2v) is 3.29. The van der Waals surface area contributed by atoms with E-state index in [2.05, 4.69) is 37.2 Å². The predicted octanol–water partition coefficient (Wildman–Crippen LogP) is 2.09. The topological polar surface area (TPSA) is 3.24 Å². The van der Waals surface area contributed by atoms with Crippen molar-refractivity contribution < 1.29 is 0 Å². The van der Waals surface area contributed by atoms with Crippen molar-refractivity contribution in [3.05, 3.63) is 35.1 Å². The Balaban J connectivity index is 2.40. The third-order valence-electron chi connectivity index (χ3n) is 2.32. The third kappa shape index (κ3) is 0.917. The van der Waals surface area contributed by atoms with Crippen LogP contribution in [0.5, 0.6) is 0 Å². The van der Waals surface area contributed by atoms with E-state index in [1.165, 1.54) is 29.7 Å². The van der Waals surface area contributed by atoms with E-state index in [9.17, 15) is 0 Å². The maximum absolute atomic E-state index is 2.32. The monoisotopic (exact) mass is 147 g/mol. The fraction of sp³-hybridized carbons (Fsp3) is 0.400. The molecule has 0 saturated heterocycles. The molecule has 0 aromatic heterocycles. The van der Waals surface area contributed by atoms with Crippen molar-refractivity contribution in [2.75, 3.05) is 14.1 Å². The Morgan fingerprint density at radius 2 is 2.09 bits per heavy atom. The van der Waals surface area contributed by atoms with E-state index < -0.39 is 0 Å². The molecule has 0 aromatic carbocycles. The second kappa shape index (κ2) is 2.26. The Bertz CT molecular complexity index is 267. The predicted molar refractivity (Wildman–Crippen MR) is 47.2 cm³/mol. The summed E-state index contributed by atoms with van der Waals surface area (Å²) < 4.78 is 0. The van der Waals surface area contributed by atoms with Crippen molar-refractivity contribution >= 4 is 0 Å². The maximum atomic E-state index is 2.32. The molecule has 1 nitrogen and oxygen atoms in total. The third-order valence-corrected chi connectivity index (χ3v) is 2.32. The molecule has 0 fully saturated rings. The number of allylic oxidation sites excluding steroid dienone is 5. The standard InChI is InChI=1S/C10H13N/c1-11(2)10-7-6-8-4-3-5-9(8)10/h4,6-7H,3,5H2,1-2H3. The molecular formula is C10H13N. The Morgan fingerprint density at radius 1 is 1.27 bits per heavy atom. The average molecular weight is 147 g/mol. The van der Waals surface area contributed by atoms with Gasteiger partial charge in [-0.1, -0.05) is 12.2 Å². The van der Waals surface area contributed by atoms with Gasteiger partial charge in [0.2, 0.25) is 0 Å². The van der Waals surface area contributed by atoms with E-state index in [0.717, 1.165) is 0 Å². The van der Waals surface area contributed by atoms with Crippen LogP contribution < -0.4 is 0 Å². The molecule has 2 aliphatic rings. The minimum atomic E-state index is 1.23. The lowest BCUT2D eigenvalue weighted by Crippen LogP contribution is -2.09. The molecule has 0 radical (unpaired) electrons. The zero-order valence-electron chi connectivity index (χ0n) is 7.09. The van der Waals surface area contributed by atoms with Crippen molar-refractivity contribution in [1.82, 2.24) is 4.90 Å². The summed E-state index contributed by atoms with van der Waals surface area (Å²) in [6.45, 7) is 0. The van der Waals surface area contributed by atoms with Gasteiger partial charge in [-0.25, -0.2) is 0 Å². The fourth-order valence-electron chi connectivity index (χ4n) is 1.77. The Morgan fingerprint density at radius 3 is 2.82 bits per heavy atom. The molecule has 2 rings (SSSR count). The average Bonchev–Trinajstić information content (AvgIpc) is 2.41. The Labute approximate surface area is 67.7 Å². The van der Waals surface area contributed by atoms with Gasteiger partial charge in [-0.3, -0.25) is 0 Å². The van der Waals surface area contributed by atoms with E-state index in [-0.39, 0.29) is 0 Å². The smallest absolute Gasteiger partial charge is 0.0399 e. The molecule has 58 valence electrons. The van der Waals surface area contributed by atoms with Crippen LogP contribution in [0.15, 0.2) is 35.1 Å². The maximum Gasteiger partial charge on any atom is 0.0399 e. The summed E-state index contributed by atoms with van der Waals surface area (Å²) in [7, 11) is 4.21. The number of likely N-dealkylation sites (N-methyl/N-ethyl adjacent to an activating group) is 1.